The molecule has 1 saturated heterocycles. The van der Waals surface area contributed by atoms with Crippen molar-refractivity contribution in [3.63, 3.8) is 0 Å². The van der Waals surface area contributed by atoms with E-state index in [1.807, 2.05) is 32.0 Å². The van der Waals surface area contributed by atoms with Gasteiger partial charge in [-0.2, -0.15) is 0 Å². The van der Waals surface area contributed by atoms with Gasteiger partial charge in [0.25, 0.3) is 5.89 Å². The van der Waals surface area contributed by atoms with Gasteiger partial charge in [0.05, 0.1) is 12.1 Å². The van der Waals surface area contributed by atoms with E-state index in [0.29, 0.717) is 18.3 Å². The maximum absolute atomic E-state index is 6.17. The Morgan fingerprint density at radius 3 is 2.48 bits per heavy atom. The van der Waals surface area contributed by atoms with Gasteiger partial charge in [0, 0.05) is 36.9 Å². The van der Waals surface area contributed by atoms with Gasteiger partial charge in [0.15, 0.2) is 0 Å². The van der Waals surface area contributed by atoms with Gasteiger partial charge in [0.2, 0.25) is 5.89 Å². The second-order valence-electron chi connectivity index (χ2n) is 7.02. The number of aryl methyl sites for hydroxylation is 3. The van der Waals surface area contributed by atoms with E-state index >= 15 is 0 Å². The Morgan fingerprint density at radius 1 is 1.00 bits per heavy atom. The molecule has 3 heterocycles. The van der Waals surface area contributed by atoms with Crippen molar-refractivity contribution in [2.45, 2.75) is 27.3 Å². The summed E-state index contributed by atoms with van der Waals surface area (Å²) in [5.41, 5.74) is 3.33. The fourth-order valence-corrected chi connectivity index (χ4v) is 3.70. The number of aromatic nitrogens is 2. The van der Waals surface area contributed by atoms with E-state index in [1.54, 1.807) is 0 Å². The highest BCUT2D eigenvalue weighted by Gasteiger charge is 2.21. The Kier molecular flexibility index (Phi) is 4.93. The van der Waals surface area contributed by atoms with E-state index in [4.69, 9.17) is 20.4 Å². The topological polar surface area (TPSA) is 58.5 Å². The fraction of sp³-hybridized carbons (Fsp3) is 0.400. The largest absolute Gasteiger partial charge is 0.466 e. The summed E-state index contributed by atoms with van der Waals surface area (Å²) >= 11 is 6.17. The molecule has 1 aliphatic rings. The first-order valence-electron chi connectivity index (χ1n) is 9.13. The average Bonchev–Trinajstić information content (AvgIpc) is 3.23. The lowest BCUT2D eigenvalue weighted by molar-refractivity contribution is 0.227. The average molecular weight is 387 g/mol. The highest BCUT2D eigenvalue weighted by molar-refractivity contribution is 6.30. The van der Waals surface area contributed by atoms with E-state index in [0.717, 1.165) is 48.3 Å². The van der Waals surface area contributed by atoms with Gasteiger partial charge in [-0.05, 0) is 44.5 Å². The molecule has 1 aromatic carbocycles. The van der Waals surface area contributed by atoms with E-state index in [9.17, 15) is 0 Å². The lowest BCUT2D eigenvalue weighted by Gasteiger charge is -2.36. The van der Waals surface area contributed by atoms with Gasteiger partial charge in [-0.15, -0.1) is 10.2 Å². The molecule has 0 spiro atoms. The number of hydrogen-bond acceptors (Lipinski definition) is 6. The van der Waals surface area contributed by atoms with Crippen LogP contribution in [0.25, 0.3) is 11.5 Å². The molecule has 6 nitrogen and oxygen atoms in total. The number of anilines is 1. The molecular formula is C20H23ClN4O2. The second-order valence-corrected chi connectivity index (χ2v) is 7.46. The number of rotatable bonds is 4. The summed E-state index contributed by atoms with van der Waals surface area (Å²) in [4.78, 5) is 4.72. The first-order valence-corrected chi connectivity index (χ1v) is 9.50. The first kappa shape index (κ1) is 18.1. The van der Waals surface area contributed by atoms with Crippen molar-refractivity contribution in [1.29, 1.82) is 0 Å². The Labute approximate surface area is 163 Å². The summed E-state index contributed by atoms with van der Waals surface area (Å²) in [6.45, 7) is 10.4. The molecule has 1 aliphatic heterocycles. The van der Waals surface area contributed by atoms with Gasteiger partial charge < -0.3 is 13.7 Å². The summed E-state index contributed by atoms with van der Waals surface area (Å²) in [7, 11) is 0. The molecule has 0 amide bonds. The molecule has 0 bridgehead atoms. The number of hydrogen-bond donors (Lipinski definition) is 0. The summed E-state index contributed by atoms with van der Waals surface area (Å²) in [6.07, 6.45) is 0. The van der Waals surface area contributed by atoms with Crippen molar-refractivity contribution >= 4 is 17.3 Å². The van der Waals surface area contributed by atoms with Crippen LogP contribution >= 0.6 is 11.6 Å². The highest BCUT2D eigenvalue weighted by atomic mass is 35.5. The van der Waals surface area contributed by atoms with Crippen molar-refractivity contribution in [3.05, 3.63) is 52.3 Å². The molecule has 27 heavy (non-hydrogen) atoms. The number of nitrogens with zero attached hydrogens (tertiary/aromatic N) is 4. The minimum atomic E-state index is 0.521. The van der Waals surface area contributed by atoms with Crippen molar-refractivity contribution < 1.29 is 8.83 Å². The maximum atomic E-state index is 6.17. The lowest BCUT2D eigenvalue weighted by atomic mass is 10.1. The van der Waals surface area contributed by atoms with Crippen LogP contribution in [0.3, 0.4) is 0 Å². The summed E-state index contributed by atoms with van der Waals surface area (Å²) in [5.74, 6) is 2.80. The molecule has 142 valence electrons. The standard InChI is InChI=1S/C20H23ClN4O2/c1-13-4-5-16(21)11-18(13)25-8-6-24(7-9-25)12-19-22-23-20(27-19)17-10-14(2)26-15(17)3/h4-5,10-11H,6-9,12H2,1-3H3. The van der Waals surface area contributed by atoms with Crippen molar-refractivity contribution in [3.8, 4) is 11.5 Å². The number of halogens is 1. The van der Waals surface area contributed by atoms with Crippen molar-refractivity contribution in [2.75, 3.05) is 31.1 Å². The zero-order chi connectivity index (χ0) is 19.0. The molecule has 0 unspecified atom stereocenters. The monoisotopic (exact) mass is 386 g/mol. The van der Waals surface area contributed by atoms with Gasteiger partial charge in [-0.1, -0.05) is 17.7 Å². The van der Waals surface area contributed by atoms with Crippen LogP contribution in [-0.2, 0) is 6.54 Å². The zero-order valence-electron chi connectivity index (χ0n) is 15.8. The van der Waals surface area contributed by atoms with Crippen LogP contribution in [0.2, 0.25) is 5.02 Å². The van der Waals surface area contributed by atoms with Gasteiger partial charge in [-0.3, -0.25) is 4.90 Å². The third-order valence-electron chi connectivity index (χ3n) is 4.98. The van der Waals surface area contributed by atoms with Gasteiger partial charge in [0.1, 0.15) is 11.5 Å². The normalized spacial score (nSPS) is 15.5. The molecular weight excluding hydrogens is 364 g/mol. The van der Waals surface area contributed by atoms with Crippen molar-refractivity contribution in [1.82, 2.24) is 15.1 Å². The SMILES string of the molecule is Cc1cc(-c2nnc(CN3CCN(c4cc(Cl)ccc4C)CC3)o2)c(C)o1. The Morgan fingerprint density at radius 2 is 1.78 bits per heavy atom. The summed E-state index contributed by atoms with van der Waals surface area (Å²) in [6, 6.07) is 7.99. The third-order valence-corrected chi connectivity index (χ3v) is 5.22. The molecule has 0 radical (unpaired) electrons. The van der Waals surface area contributed by atoms with E-state index in [2.05, 4.69) is 33.0 Å². The molecule has 0 atom stereocenters. The maximum Gasteiger partial charge on any atom is 0.251 e. The van der Waals surface area contributed by atoms with Crippen LogP contribution in [0.5, 0.6) is 0 Å². The Hall–Kier alpha value is -2.31. The first-order chi connectivity index (χ1) is 13.0. The van der Waals surface area contributed by atoms with E-state index in [1.165, 1.54) is 11.3 Å². The molecule has 7 heteroatoms. The van der Waals surface area contributed by atoms with Crippen molar-refractivity contribution in [2.24, 2.45) is 0 Å². The highest BCUT2D eigenvalue weighted by Crippen LogP contribution is 2.27. The molecule has 0 aliphatic carbocycles. The lowest BCUT2D eigenvalue weighted by Crippen LogP contribution is -2.46. The minimum Gasteiger partial charge on any atom is -0.466 e. The molecule has 2 aromatic heterocycles. The summed E-state index contributed by atoms with van der Waals surface area (Å²) in [5, 5.41) is 9.17. The predicted octanol–water partition coefficient (Wildman–Crippen LogP) is 4.23. The summed E-state index contributed by atoms with van der Waals surface area (Å²) < 4.78 is 11.4. The number of piperazine rings is 1. The van der Waals surface area contributed by atoms with Crippen LogP contribution in [0, 0.1) is 20.8 Å². The molecule has 3 aromatic rings. The van der Waals surface area contributed by atoms with E-state index < -0.39 is 0 Å². The fourth-order valence-electron chi connectivity index (χ4n) is 3.53. The predicted molar refractivity (Wildman–Crippen MR) is 105 cm³/mol. The van der Waals surface area contributed by atoms with Crippen LogP contribution in [0.15, 0.2) is 33.1 Å². The zero-order valence-corrected chi connectivity index (χ0v) is 16.6. The van der Waals surface area contributed by atoms with Crippen LogP contribution in [-0.4, -0.2) is 41.3 Å². The minimum absolute atomic E-state index is 0.521. The molecule has 0 saturated carbocycles. The number of furan rings is 1. The van der Waals surface area contributed by atoms with Crippen LogP contribution in [0.1, 0.15) is 23.0 Å². The van der Waals surface area contributed by atoms with E-state index in [-0.39, 0.29) is 0 Å². The second kappa shape index (κ2) is 7.37. The quantitative estimate of drug-likeness (QED) is 0.668. The molecule has 4 rings (SSSR count). The van der Waals surface area contributed by atoms with Crippen LogP contribution < -0.4 is 4.90 Å². The third kappa shape index (κ3) is 3.87. The Bertz CT molecular complexity index is 941. The van der Waals surface area contributed by atoms with Crippen LogP contribution in [0.4, 0.5) is 5.69 Å². The van der Waals surface area contributed by atoms with Gasteiger partial charge in [-0.25, -0.2) is 0 Å². The Balaban J connectivity index is 1.38. The van der Waals surface area contributed by atoms with Gasteiger partial charge >= 0.3 is 0 Å². The molecule has 0 N–H and O–H groups in total. The molecule has 1 fully saturated rings. The number of benzene rings is 1. The smallest absolute Gasteiger partial charge is 0.251 e.